The van der Waals surface area contributed by atoms with Gasteiger partial charge in [-0.05, 0) is 43.6 Å². The zero-order valence-corrected chi connectivity index (χ0v) is 14.2. The van der Waals surface area contributed by atoms with Crippen molar-refractivity contribution in [3.8, 4) is 0 Å². The molecule has 0 amide bonds. The average Bonchev–Trinajstić information content (AvgIpc) is 2.41. The number of nitrogens with zero attached hydrogens (tertiary/aromatic N) is 4. The van der Waals surface area contributed by atoms with Gasteiger partial charge in [0.25, 0.3) is 0 Å². The molecule has 0 aliphatic heterocycles. The van der Waals surface area contributed by atoms with E-state index in [-0.39, 0.29) is 5.69 Å². The van der Waals surface area contributed by atoms with Crippen LogP contribution in [0.2, 0.25) is 0 Å². The normalized spacial score (nSPS) is 10.7. The first kappa shape index (κ1) is 15.6. The summed E-state index contributed by atoms with van der Waals surface area (Å²) in [5, 5.41) is 3.16. The number of rotatable bonds is 4. The second kappa shape index (κ2) is 6.34. The number of halogens is 1. The van der Waals surface area contributed by atoms with E-state index in [9.17, 15) is 4.79 Å². The van der Waals surface area contributed by atoms with Gasteiger partial charge in [-0.2, -0.15) is 4.98 Å². The highest BCUT2D eigenvalue weighted by atomic mass is 79.9. The fraction of sp³-hybridized carbons (Fsp3) is 0.429. The Balaban J connectivity index is 2.43. The highest BCUT2D eigenvalue weighted by Crippen LogP contribution is 2.17. The van der Waals surface area contributed by atoms with E-state index in [0.29, 0.717) is 18.1 Å². The molecule has 6 nitrogen and oxygen atoms in total. The molecule has 0 spiro atoms. The van der Waals surface area contributed by atoms with Gasteiger partial charge >= 0.3 is 5.69 Å². The number of hydrogen-bond donors (Lipinski definition) is 1. The first-order chi connectivity index (χ1) is 9.92. The molecular formula is C14H18BrN5O. The van der Waals surface area contributed by atoms with Crippen LogP contribution in [0.15, 0.2) is 15.3 Å². The summed E-state index contributed by atoms with van der Waals surface area (Å²) in [4.78, 5) is 24.9. The summed E-state index contributed by atoms with van der Waals surface area (Å²) in [6.07, 6.45) is 0. The zero-order chi connectivity index (χ0) is 15.6. The van der Waals surface area contributed by atoms with Gasteiger partial charge in [0.15, 0.2) is 5.82 Å². The Kier molecular flexibility index (Phi) is 4.72. The Morgan fingerprint density at radius 1 is 1.24 bits per heavy atom. The minimum absolute atomic E-state index is 0.289. The van der Waals surface area contributed by atoms with E-state index in [4.69, 9.17) is 0 Å². The van der Waals surface area contributed by atoms with E-state index in [1.165, 1.54) is 0 Å². The van der Waals surface area contributed by atoms with Crippen LogP contribution in [0.3, 0.4) is 0 Å². The third-order valence-corrected chi connectivity index (χ3v) is 4.24. The van der Waals surface area contributed by atoms with Crippen molar-refractivity contribution < 1.29 is 0 Å². The van der Waals surface area contributed by atoms with Crippen molar-refractivity contribution >= 4 is 21.7 Å². The van der Waals surface area contributed by atoms with E-state index >= 15 is 0 Å². The second-order valence-corrected chi connectivity index (χ2v) is 5.60. The fourth-order valence-electron chi connectivity index (χ4n) is 2.08. The van der Waals surface area contributed by atoms with Crippen molar-refractivity contribution in [1.82, 2.24) is 19.5 Å². The van der Waals surface area contributed by atoms with Crippen LogP contribution in [0.4, 0.5) is 5.82 Å². The SMILES string of the molecule is CCNc1cc(C)nc(Cn2c(C)c(Br)c(C)nc2=O)n1. The van der Waals surface area contributed by atoms with Crippen molar-refractivity contribution in [3.63, 3.8) is 0 Å². The molecule has 0 atom stereocenters. The van der Waals surface area contributed by atoms with Crippen LogP contribution in [0.5, 0.6) is 0 Å². The van der Waals surface area contributed by atoms with Gasteiger partial charge in [0.05, 0.1) is 16.7 Å². The number of anilines is 1. The molecule has 0 aromatic carbocycles. The van der Waals surface area contributed by atoms with Crippen molar-refractivity contribution in [3.05, 3.63) is 43.9 Å². The zero-order valence-electron chi connectivity index (χ0n) is 12.6. The van der Waals surface area contributed by atoms with Crippen molar-refractivity contribution in [1.29, 1.82) is 0 Å². The average molecular weight is 352 g/mol. The second-order valence-electron chi connectivity index (χ2n) is 4.81. The number of aromatic nitrogens is 4. The van der Waals surface area contributed by atoms with Gasteiger partial charge in [-0.1, -0.05) is 0 Å². The van der Waals surface area contributed by atoms with E-state index in [1.54, 1.807) is 11.5 Å². The van der Waals surface area contributed by atoms with Crippen LogP contribution < -0.4 is 11.0 Å². The number of aryl methyl sites for hydroxylation is 2. The largest absolute Gasteiger partial charge is 0.370 e. The molecule has 21 heavy (non-hydrogen) atoms. The van der Waals surface area contributed by atoms with Gasteiger partial charge < -0.3 is 5.32 Å². The van der Waals surface area contributed by atoms with Gasteiger partial charge in [-0.15, -0.1) is 0 Å². The van der Waals surface area contributed by atoms with Gasteiger partial charge in [-0.25, -0.2) is 14.8 Å². The third-order valence-electron chi connectivity index (χ3n) is 3.09. The minimum atomic E-state index is -0.289. The first-order valence-corrected chi connectivity index (χ1v) is 7.53. The summed E-state index contributed by atoms with van der Waals surface area (Å²) in [6, 6.07) is 1.88. The molecule has 2 heterocycles. The van der Waals surface area contributed by atoms with Gasteiger partial charge in [0.1, 0.15) is 5.82 Å². The maximum atomic E-state index is 12.1. The van der Waals surface area contributed by atoms with Crippen LogP contribution in [0, 0.1) is 20.8 Å². The minimum Gasteiger partial charge on any atom is -0.370 e. The summed E-state index contributed by atoms with van der Waals surface area (Å²) in [5.41, 5.74) is 2.08. The van der Waals surface area contributed by atoms with Gasteiger partial charge in [0.2, 0.25) is 0 Å². The third kappa shape index (κ3) is 3.47. The molecule has 1 N–H and O–H groups in total. The predicted molar refractivity (Wildman–Crippen MR) is 85.7 cm³/mol. The number of hydrogen-bond acceptors (Lipinski definition) is 5. The Morgan fingerprint density at radius 2 is 1.95 bits per heavy atom. The topological polar surface area (TPSA) is 72.7 Å². The molecular weight excluding hydrogens is 334 g/mol. The van der Waals surface area contributed by atoms with Gasteiger partial charge in [-0.3, -0.25) is 4.57 Å². The van der Waals surface area contributed by atoms with E-state index in [1.807, 2.05) is 26.8 Å². The lowest BCUT2D eigenvalue weighted by molar-refractivity contribution is 0.657. The summed E-state index contributed by atoms with van der Waals surface area (Å²) in [5.74, 6) is 1.36. The van der Waals surface area contributed by atoms with E-state index in [0.717, 1.165) is 28.2 Å². The first-order valence-electron chi connectivity index (χ1n) is 6.74. The molecule has 0 radical (unpaired) electrons. The van der Waals surface area contributed by atoms with Crippen LogP contribution >= 0.6 is 15.9 Å². The molecule has 112 valence electrons. The van der Waals surface area contributed by atoms with Crippen LogP contribution in [-0.2, 0) is 6.54 Å². The Bertz CT molecular complexity index is 726. The molecule has 0 aliphatic rings. The molecule has 0 unspecified atom stereocenters. The highest BCUT2D eigenvalue weighted by molar-refractivity contribution is 9.10. The Morgan fingerprint density at radius 3 is 2.62 bits per heavy atom. The summed E-state index contributed by atoms with van der Waals surface area (Å²) in [7, 11) is 0. The molecule has 0 bridgehead atoms. The van der Waals surface area contributed by atoms with Crippen LogP contribution in [-0.4, -0.2) is 26.1 Å². The lowest BCUT2D eigenvalue weighted by Gasteiger charge is -2.12. The number of nitrogens with one attached hydrogen (secondary N) is 1. The van der Waals surface area contributed by atoms with E-state index < -0.39 is 0 Å². The van der Waals surface area contributed by atoms with Crippen molar-refractivity contribution in [2.24, 2.45) is 0 Å². The monoisotopic (exact) mass is 351 g/mol. The molecule has 0 saturated heterocycles. The highest BCUT2D eigenvalue weighted by Gasteiger charge is 2.11. The van der Waals surface area contributed by atoms with Crippen molar-refractivity contribution in [2.45, 2.75) is 34.2 Å². The lowest BCUT2D eigenvalue weighted by Crippen LogP contribution is -2.27. The molecule has 0 aliphatic carbocycles. The molecule has 0 saturated carbocycles. The van der Waals surface area contributed by atoms with Gasteiger partial charge in [0, 0.05) is 24.0 Å². The fourth-order valence-corrected chi connectivity index (χ4v) is 2.38. The molecule has 2 aromatic heterocycles. The molecule has 2 aromatic rings. The standard InChI is InChI=1S/C14H18BrN5O/c1-5-16-11-6-8(2)17-12(19-11)7-20-10(4)13(15)9(3)18-14(20)21/h6H,5,7H2,1-4H3,(H,16,17,19). The van der Waals surface area contributed by atoms with Crippen LogP contribution in [0.1, 0.15) is 29.8 Å². The summed E-state index contributed by atoms with van der Waals surface area (Å²) < 4.78 is 2.41. The molecule has 2 rings (SSSR count). The maximum absolute atomic E-state index is 12.1. The maximum Gasteiger partial charge on any atom is 0.348 e. The smallest absolute Gasteiger partial charge is 0.348 e. The Hall–Kier alpha value is -1.76. The molecule has 7 heteroatoms. The summed E-state index contributed by atoms with van der Waals surface area (Å²) >= 11 is 3.46. The summed E-state index contributed by atoms with van der Waals surface area (Å²) in [6.45, 7) is 8.68. The Labute approximate surface area is 131 Å². The lowest BCUT2D eigenvalue weighted by atomic mass is 10.3. The molecule has 0 fully saturated rings. The van der Waals surface area contributed by atoms with E-state index in [2.05, 4.69) is 36.2 Å². The quantitative estimate of drug-likeness (QED) is 0.913. The predicted octanol–water partition coefficient (Wildman–Crippen LogP) is 2.20. The van der Waals surface area contributed by atoms with Crippen molar-refractivity contribution in [2.75, 3.05) is 11.9 Å². The van der Waals surface area contributed by atoms with Crippen LogP contribution in [0.25, 0.3) is 0 Å².